The maximum Gasteiger partial charge on any atom is 0.226 e. The van der Waals surface area contributed by atoms with Crippen LogP contribution in [0.1, 0.15) is 0 Å². The molecular weight excluding hydrogens is 562 g/mol. The van der Waals surface area contributed by atoms with Crippen molar-refractivity contribution in [3.8, 4) is 33.9 Å². The van der Waals surface area contributed by atoms with Crippen LogP contribution in [0.25, 0.3) is 88.2 Å². The van der Waals surface area contributed by atoms with Crippen LogP contribution in [-0.2, 0) is 0 Å². The van der Waals surface area contributed by atoms with Crippen LogP contribution in [0.3, 0.4) is 0 Å². The molecule has 0 fully saturated rings. The van der Waals surface area contributed by atoms with Gasteiger partial charge in [-0.05, 0) is 73.2 Å². The number of rotatable bonds is 3. The van der Waals surface area contributed by atoms with Gasteiger partial charge in [-0.25, -0.2) is 4.98 Å². The quantitative estimate of drug-likeness (QED) is 0.194. The third kappa shape index (κ3) is 3.82. The second-order valence-electron chi connectivity index (χ2n) is 10.9. The number of hydrogen-bond donors (Lipinski definition) is 0. The molecular formula is C39H22ClN3O. The largest absolute Gasteiger partial charge is 0.456 e. The summed E-state index contributed by atoms with van der Waals surface area (Å²) >= 11 is 6.46. The third-order valence-corrected chi connectivity index (χ3v) is 8.62. The molecule has 0 aliphatic rings. The molecule has 0 saturated heterocycles. The summed E-state index contributed by atoms with van der Waals surface area (Å²) in [5.74, 6) is 1.03. The van der Waals surface area contributed by atoms with Crippen LogP contribution in [0.2, 0.25) is 5.28 Å². The van der Waals surface area contributed by atoms with Gasteiger partial charge in [0, 0.05) is 21.9 Å². The highest BCUT2D eigenvalue weighted by Crippen LogP contribution is 2.42. The first-order valence-corrected chi connectivity index (χ1v) is 14.9. The Morgan fingerprint density at radius 3 is 1.80 bits per heavy atom. The molecule has 0 unspecified atom stereocenters. The summed E-state index contributed by atoms with van der Waals surface area (Å²) in [6.45, 7) is 0. The first-order chi connectivity index (χ1) is 21.7. The Morgan fingerprint density at radius 1 is 0.409 bits per heavy atom. The van der Waals surface area contributed by atoms with E-state index in [1.807, 2.05) is 48.5 Å². The van der Waals surface area contributed by atoms with E-state index in [1.165, 1.54) is 37.9 Å². The lowest BCUT2D eigenvalue weighted by Crippen LogP contribution is -1.97. The van der Waals surface area contributed by atoms with Crippen molar-refractivity contribution in [3.63, 3.8) is 0 Å². The summed E-state index contributed by atoms with van der Waals surface area (Å²) in [5.41, 5.74) is 5.57. The molecule has 0 atom stereocenters. The fraction of sp³-hybridized carbons (Fsp3) is 0. The van der Waals surface area contributed by atoms with Crippen LogP contribution < -0.4 is 0 Å². The van der Waals surface area contributed by atoms with E-state index in [2.05, 4.69) is 94.9 Å². The average molecular weight is 584 g/mol. The Labute approximate surface area is 257 Å². The molecule has 9 aromatic rings. The number of benzene rings is 7. The molecule has 5 heteroatoms. The number of furan rings is 1. The molecule has 0 spiro atoms. The van der Waals surface area contributed by atoms with Gasteiger partial charge in [0.05, 0.1) is 0 Å². The van der Waals surface area contributed by atoms with Crippen LogP contribution in [0, 0.1) is 0 Å². The third-order valence-electron chi connectivity index (χ3n) is 8.46. The van der Waals surface area contributed by atoms with Gasteiger partial charge >= 0.3 is 0 Å². The van der Waals surface area contributed by atoms with Crippen molar-refractivity contribution >= 4 is 65.9 Å². The Bertz CT molecular complexity index is 2530. The van der Waals surface area contributed by atoms with Crippen molar-refractivity contribution in [2.24, 2.45) is 0 Å². The molecule has 0 N–H and O–H groups in total. The van der Waals surface area contributed by atoms with Gasteiger partial charge in [-0.3, -0.25) is 0 Å². The minimum absolute atomic E-state index is 0.147. The van der Waals surface area contributed by atoms with Gasteiger partial charge in [0.2, 0.25) is 5.28 Å². The molecule has 0 radical (unpaired) electrons. The highest BCUT2D eigenvalue weighted by molar-refractivity contribution is 6.29. The van der Waals surface area contributed by atoms with Gasteiger partial charge in [0.25, 0.3) is 0 Å². The molecule has 44 heavy (non-hydrogen) atoms. The van der Waals surface area contributed by atoms with Crippen molar-refractivity contribution < 1.29 is 4.42 Å². The Hall–Kier alpha value is -5.58. The van der Waals surface area contributed by atoms with E-state index in [0.717, 1.165) is 38.6 Å². The summed E-state index contributed by atoms with van der Waals surface area (Å²) in [6, 6.07) is 46.1. The maximum atomic E-state index is 6.46. The normalized spacial score (nSPS) is 11.8. The molecule has 9 rings (SSSR count). The van der Waals surface area contributed by atoms with Crippen LogP contribution in [0.5, 0.6) is 0 Å². The number of nitrogens with zero attached hydrogens (tertiary/aromatic N) is 3. The maximum absolute atomic E-state index is 6.46. The van der Waals surface area contributed by atoms with Gasteiger partial charge in [0.1, 0.15) is 11.2 Å². The average Bonchev–Trinajstić information content (AvgIpc) is 3.46. The molecule has 206 valence electrons. The van der Waals surface area contributed by atoms with E-state index in [1.54, 1.807) is 0 Å². The first-order valence-electron chi connectivity index (χ1n) is 14.5. The molecule has 2 heterocycles. The van der Waals surface area contributed by atoms with Crippen LogP contribution in [0.15, 0.2) is 138 Å². The fourth-order valence-corrected chi connectivity index (χ4v) is 6.72. The van der Waals surface area contributed by atoms with Gasteiger partial charge in [0.15, 0.2) is 11.6 Å². The van der Waals surface area contributed by atoms with E-state index in [-0.39, 0.29) is 5.28 Å². The molecule has 2 aromatic heterocycles. The predicted molar refractivity (Wildman–Crippen MR) is 181 cm³/mol. The lowest BCUT2D eigenvalue weighted by Gasteiger charge is -2.14. The Kier molecular flexibility index (Phi) is 5.52. The summed E-state index contributed by atoms with van der Waals surface area (Å²) in [4.78, 5) is 13.8. The van der Waals surface area contributed by atoms with Crippen molar-refractivity contribution in [1.82, 2.24) is 15.0 Å². The summed E-state index contributed by atoms with van der Waals surface area (Å²) in [5, 5.41) is 9.57. The van der Waals surface area contributed by atoms with E-state index >= 15 is 0 Å². The minimum atomic E-state index is 0.147. The number of hydrogen-bond acceptors (Lipinski definition) is 4. The fourth-order valence-electron chi connectivity index (χ4n) is 6.56. The molecule has 0 bridgehead atoms. The molecule has 0 aliphatic heterocycles. The van der Waals surface area contributed by atoms with Gasteiger partial charge in [-0.2, -0.15) is 9.97 Å². The van der Waals surface area contributed by atoms with Crippen LogP contribution >= 0.6 is 11.6 Å². The zero-order valence-corrected chi connectivity index (χ0v) is 24.1. The Balaban J connectivity index is 1.31. The molecule has 4 nitrogen and oxygen atoms in total. The van der Waals surface area contributed by atoms with Crippen molar-refractivity contribution in [2.45, 2.75) is 0 Å². The number of aromatic nitrogens is 3. The first kappa shape index (κ1) is 25.0. The van der Waals surface area contributed by atoms with Crippen molar-refractivity contribution in [3.05, 3.63) is 139 Å². The smallest absolute Gasteiger partial charge is 0.226 e. The lowest BCUT2D eigenvalue weighted by molar-refractivity contribution is 0.669. The van der Waals surface area contributed by atoms with Gasteiger partial charge in [-0.1, -0.05) is 115 Å². The standard InChI is InChI=1S/C39H22ClN3O/c40-39-42-37(23-10-2-1-3-11-23)41-38(43-39)31-18-9-19-34-36(31)32-22-24(20-21-33(32)44-34)25-16-8-17-30-28-13-5-4-12-26(28)27-14-6-7-15-29(27)35(25)30/h1-22H. The summed E-state index contributed by atoms with van der Waals surface area (Å²) in [6.07, 6.45) is 0. The molecule has 0 aliphatic carbocycles. The molecule has 0 amide bonds. The van der Waals surface area contributed by atoms with Crippen molar-refractivity contribution in [1.29, 1.82) is 0 Å². The SMILES string of the molecule is Clc1nc(-c2ccccc2)nc(-c2cccc3oc4ccc(-c5cccc6c7ccccc7c7ccccc7c56)cc4c23)n1. The number of halogens is 1. The Morgan fingerprint density at radius 2 is 1.02 bits per heavy atom. The summed E-state index contributed by atoms with van der Waals surface area (Å²) < 4.78 is 6.36. The minimum Gasteiger partial charge on any atom is -0.456 e. The van der Waals surface area contributed by atoms with E-state index in [4.69, 9.17) is 21.0 Å². The monoisotopic (exact) mass is 583 g/mol. The second kappa shape index (κ2) is 9.73. The topological polar surface area (TPSA) is 51.8 Å². The van der Waals surface area contributed by atoms with Crippen LogP contribution in [0.4, 0.5) is 0 Å². The zero-order valence-electron chi connectivity index (χ0n) is 23.3. The zero-order chi connectivity index (χ0) is 29.2. The van der Waals surface area contributed by atoms with E-state index in [0.29, 0.717) is 11.6 Å². The lowest BCUT2D eigenvalue weighted by atomic mass is 9.89. The second-order valence-corrected chi connectivity index (χ2v) is 11.3. The highest BCUT2D eigenvalue weighted by atomic mass is 35.5. The van der Waals surface area contributed by atoms with Crippen LogP contribution in [-0.4, -0.2) is 15.0 Å². The van der Waals surface area contributed by atoms with E-state index < -0.39 is 0 Å². The van der Waals surface area contributed by atoms with E-state index in [9.17, 15) is 0 Å². The highest BCUT2D eigenvalue weighted by Gasteiger charge is 2.18. The number of fused-ring (bicyclic) bond motifs is 9. The van der Waals surface area contributed by atoms with Crippen molar-refractivity contribution in [2.75, 3.05) is 0 Å². The molecule has 7 aromatic carbocycles. The molecule has 0 saturated carbocycles. The summed E-state index contributed by atoms with van der Waals surface area (Å²) in [7, 11) is 0. The van der Waals surface area contributed by atoms with Gasteiger partial charge in [-0.15, -0.1) is 0 Å². The van der Waals surface area contributed by atoms with Gasteiger partial charge < -0.3 is 4.42 Å². The predicted octanol–water partition coefficient (Wildman–Crippen LogP) is 10.9.